The summed E-state index contributed by atoms with van der Waals surface area (Å²) in [4.78, 5) is 13.7. The van der Waals surface area contributed by atoms with Crippen LogP contribution in [0.3, 0.4) is 0 Å². The maximum absolute atomic E-state index is 11.5. The van der Waals surface area contributed by atoms with Crippen molar-refractivity contribution < 1.29 is 14.6 Å². The Morgan fingerprint density at radius 1 is 1.03 bits per heavy atom. The second kappa shape index (κ2) is 10.8. The molecule has 0 amide bonds. The van der Waals surface area contributed by atoms with Gasteiger partial charge in [0.05, 0.1) is 17.8 Å². The van der Waals surface area contributed by atoms with E-state index in [9.17, 15) is 9.90 Å². The van der Waals surface area contributed by atoms with Gasteiger partial charge in [0.25, 0.3) is 0 Å². The van der Waals surface area contributed by atoms with Crippen LogP contribution in [-0.4, -0.2) is 30.3 Å². The molecule has 0 fully saturated rings. The highest BCUT2D eigenvalue weighted by molar-refractivity contribution is 5.89. The molecule has 0 saturated heterocycles. The van der Waals surface area contributed by atoms with Crippen LogP contribution in [0, 0.1) is 0 Å². The Labute approximate surface area is 211 Å². The predicted molar refractivity (Wildman–Crippen MR) is 143 cm³/mol. The average Bonchev–Trinajstić information content (AvgIpc) is 2.88. The minimum atomic E-state index is -0.924. The van der Waals surface area contributed by atoms with Crippen molar-refractivity contribution in [2.45, 2.75) is 25.5 Å². The molecule has 0 saturated carbocycles. The Kier molecular flexibility index (Phi) is 7.59. The van der Waals surface area contributed by atoms with Gasteiger partial charge >= 0.3 is 5.97 Å². The van der Waals surface area contributed by atoms with Crippen molar-refractivity contribution in [1.29, 1.82) is 0 Å². The van der Waals surface area contributed by atoms with Crippen LogP contribution in [0.1, 0.15) is 35.3 Å². The summed E-state index contributed by atoms with van der Waals surface area (Å²) in [6, 6.07) is 30.1. The summed E-state index contributed by atoms with van der Waals surface area (Å²) in [5.74, 6) is -0.104. The molecule has 0 aromatic heterocycles. The third-order valence-electron chi connectivity index (χ3n) is 6.45. The molecule has 0 bridgehead atoms. The summed E-state index contributed by atoms with van der Waals surface area (Å²) in [7, 11) is 0. The molecule has 5 rings (SSSR count). The number of rotatable bonds is 7. The summed E-state index contributed by atoms with van der Waals surface area (Å²) in [6.07, 6.45) is 0.814. The first-order valence-electron chi connectivity index (χ1n) is 11.7. The number of nitrogens with zero attached hydrogens (tertiary/aromatic N) is 1. The van der Waals surface area contributed by atoms with Crippen molar-refractivity contribution in [3.05, 3.63) is 102 Å². The van der Waals surface area contributed by atoms with Crippen LogP contribution >= 0.6 is 12.4 Å². The minimum absolute atomic E-state index is 0. The van der Waals surface area contributed by atoms with Crippen LogP contribution < -0.4 is 15.0 Å². The van der Waals surface area contributed by atoms with E-state index < -0.39 is 5.97 Å². The maximum atomic E-state index is 11.5. The number of fused-ring (bicyclic) bond motifs is 2. The number of para-hydroxylation sites is 2. The molecule has 5 nitrogen and oxygen atoms in total. The van der Waals surface area contributed by atoms with E-state index >= 15 is 0 Å². The van der Waals surface area contributed by atoms with Crippen LogP contribution in [0.25, 0.3) is 10.8 Å². The van der Waals surface area contributed by atoms with E-state index in [4.69, 9.17) is 4.74 Å². The molecule has 1 aliphatic rings. The van der Waals surface area contributed by atoms with E-state index in [-0.39, 0.29) is 30.1 Å². The quantitative estimate of drug-likeness (QED) is 0.307. The van der Waals surface area contributed by atoms with Gasteiger partial charge in [0, 0.05) is 11.7 Å². The Bertz CT molecular complexity index is 1320. The first-order valence-corrected chi connectivity index (χ1v) is 11.7. The molecule has 4 aromatic carbocycles. The molecule has 35 heavy (non-hydrogen) atoms. The van der Waals surface area contributed by atoms with Gasteiger partial charge in [-0.2, -0.15) is 0 Å². The van der Waals surface area contributed by atoms with Gasteiger partial charge in [0.1, 0.15) is 11.9 Å². The number of ether oxygens (including phenoxy) is 1. The fourth-order valence-electron chi connectivity index (χ4n) is 4.70. The lowest BCUT2D eigenvalue weighted by molar-refractivity contribution is 0.0697. The molecule has 0 radical (unpaired) electrons. The number of nitrogens with one attached hydrogen (secondary N) is 1. The lowest BCUT2D eigenvalue weighted by Crippen LogP contribution is -2.39. The molecule has 180 valence electrons. The first-order chi connectivity index (χ1) is 16.6. The lowest BCUT2D eigenvalue weighted by atomic mass is 9.99. The fourth-order valence-corrected chi connectivity index (χ4v) is 4.70. The molecule has 0 aliphatic carbocycles. The lowest BCUT2D eigenvalue weighted by Gasteiger charge is -2.36. The second-order valence-corrected chi connectivity index (χ2v) is 8.71. The maximum Gasteiger partial charge on any atom is 0.335 e. The van der Waals surface area contributed by atoms with Crippen LogP contribution in [0.5, 0.6) is 5.75 Å². The highest BCUT2D eigenvalue weighted by atomic mass is 35.5. The number of hydrogen-bond donors (Lipinski definition) is 2. The Balaban J connectivity index is 0.00000289. The molecule has 0 spiro atoms. The Morgan fingerprint density at radius 3 is 2.63 bits per heavy atom. The normalized spacial score (nSPS) is 15.6. The number of anilines is 2. The van der Waals surface area contributed by atoms with Crippen molar-refractivity contribution in [2.75, 3.05) is 18.0 Å². The molecule has 2 atom stereocenters. The topological polar surface area (TPSA) is 61.8 Å². The third kappa shape index (κ3) is 5.26. The van der Waals surface area contributed by atoms with Crippen molar-refractivity contribution in [2.24, 2.45) is 0 Å². The number of benzene rings is 4. The molecule has 6 heteroatoms. The molecule has 4 aromatic rings. The standard InChI is InChI=1S/C29H28N2O3.ClH/c1-20(25-13-7-9-21-8-2-3-12-26(21)25)30-17-16-24-19-31(27-14-4-5-15-28(27)34-24)23-11-6-10-22(18-23)29(32)33;/h2-15,18,20,24,30H,16-17,19H2,1H3,(H,32,33);1H/t20-,24?;/m1./s1. The second-order valence-electron chi connectivity index (χ2n) is 8.71. The predicted octanol–water partition coefficient (Wildman–Crippen LogP) is 6.60. The summed E-state index contributed by atoms with van der Waals surface area (Å²) in [5.41, 5.74) is 3.39. The minimum Gasteiger partial charge on any atom is -0.486 e. The van der Waals surface area contributed by atoms with Crippen molar-refractivity contribution in [3.63, 3.8) is 0 Å². The molecule has 2 N–H and O–H groups in total. The SMILES string of the molecule is C[C@@H](NCCC1CN(c2cccc(C(=O)O)c2)c2ccccc2O1)c1cccc2ccccc12.Cl. The van der Waals surface area contributed by atoms with Gasteiger partial charge in [-0.15, -0.1) is 12.4 Å². The smallest absolute Gasteiger partial charge is 0.335 e. The number of carboxylic acids is 1. The summed E-state index contributed by atoms with van der Waals surface area (Å²) in [6.45, 7) is 3.66. The number of carboxylic acid groups (broad SMARTS) is 1. The highest BCUT2D eigenvalue weighted by Gasteiger charge is 2.27. The van der Waals surface area contributed by atoms with Gasteiger partial charge in [-0.25, -0.2) is 4.79 Å². The van der Waals surface area contributed by atoms with Gasteiger partial charge < -0.3 is 20.1 Å². The summed E-state index contributed by atoms with van der Waals surface area (Å²) < 4.78 is 6.32. The fraction of sp³-hybridized carbons (Fsp3) is 0.207. The van der Waals surface area contributed by atoms with Crippen LogP contribution in [-0.2, 0) is 0 Å². The highest BCUT2D eigenvalue weighted by Crippen LogP contribution is 2.38. The van der Waals surface area contributed by atoms with E-state index in [0.29, 0.717) is 6.54 Å². The number of carbonyl (C=O) groups is 1. The van der Waals surface area contributed by atoms with Gasteiger partial charge in [-0.3, -0.25) is 0 Å². The summed E-state index contributed by atoms with van der Waals surface area (Å²) in [5, 5.41) is 15.6. The first kappa shape index (κ1) is 24.6. The third-order valence-corrected chi connectivity index (χ3v) is 6.45. The average molecular weight is 489 g/mol. The Morgan fingerprint density at radius 2 is 1.77 bits per heavy atom. The van der Waals surface area contributed by atoms with E-state index in [1.807, 2.05) is 30.3 Å². The van der Waals surface area contributed by atoms with E-state index in [1.165, 1.54) is 16.3 Å². The molecular weight excluding hydrogens is 460 g/mol. The van der Waals surface area contributed by atoms with Crippen molar-refractivity contribution >= 4 is 40.5 Å². The number of aromatic carboxylic acids is 1. The van der Waals surface area contributed by atoms with Crippen LogP contribution in [0.2, 0.25) is 0 Å². The van der Waals surface area contributed by atoms with Crippen molar-refractivity contribution in [1.82, 2.24) is 5.32 Å². The monoisotopic (exact) mass is 488 g/mol. The van der Waals surface area contributed by atoms with E-state index in [1.54, 1.807) is 18.2 Å². The molecular formula is C29H29ClN2O3. The van der Waals surface area contributed by atoms with Crippen LogP contribution in [0.15, 0.2) is 91.0 Å². The van der Waals surface area contributed by atoms with Gasteiger partial charge in [-0.1, -0.05) is 60.7 Å². The molecule has 1 aliphatic heterocycles. The summed E-state index contributed by atoms with van der Waals surface area (Å²) >= 11 is 0. The van der Waals surface area contributed by atoms with Crippen molar-refractivity contribution in [3.8, 4) is 5.75 Å². The molecule has 1 unspecified atom stereocenters. The van der Waals surface area contributed by atoms with Crippen LogP contribution in [0.4, 0.5) is 11.4 Å². The van der Waals surface area contributed by atoms with Gasteiger partial charge in [-0.05, 0) is 66.6 Å². The van der Waals surface area contributed by atoms with Gasteiger partial charge in [0.2, 0.25) is 0 Å². The zero-order valence-corrected chi connectivity index (χ0v) is 20.4. The molecule has 1 heterocycles. The Hall–Kier alpha value is -3.54. The van der Waals surface area contributed by atoms with E-state index in [2.05, 4.69) is 59.6 Å². The zero-order chi connectivity index (χ0) is 23.5. The van der Waals surface area contributed by atoms with Gasteiger partial charge in [0.15, 0.2) is 0 Å². The largest absolute Gasteiger partial charge is 0.486 e. The number of halogens is 1. The zero-order valence-electron chi connectivity index (χ0n) is 19.6. The van der Waals surface area contributed by atoms with E-state index in [0.717, 1.165) is 30.1 Å². The number of hydrogen-bond acceptors (Lipinski definition) is 4.